The van der Waals surface area contributed by atoms with E-state index in [9.17, 15) is 13.9 Å². The van der Waals surface area contributed by atoms with E-state index in [4.69, 9.17) is 0 Å². The molecule has 0 saturated carbocycles. The molecular weight excluding hydrogens is 300 g/mol. The summed E-state index contributed by atoms with van der Waals surface area (Å²) in [4.78, 5) is 0. The predicted molar refractivity (Wildman–Crippen MR) is 70.8 cm³/mol. The van der Waals surface area contributed by atoms with Gasteiger partial charge in [-0.1, -0.05) is 16.6 Å². The van der Waals surface area contributed by atoms with E-state index in [0.717, 1.165) is 17.1 Å². The van der Waals surface area contributed by atoms with Crippen molar-refractivity contribution in [1.82, 2.24) is 25.2 Å². The first-order valence-electron chi connectivity index (χ1n) is 5.91. The summed E-state index contributed by atoms with van der Waals surface area (Å²) >= 11 is 1.27. The molecule has 3 aromatic rings. The highest BCUT2D eigenvalue weighted by Gasteiger charge is 2.19. The van der Waals surface area contributed by atoms with Crippen LogP contribution in [0.25, 0.3) is 16.4 Å². The highest BCUT2D eigenvalue weighted by atomic mass is 32.1. The van der Waals surface area contributed by atoms with Crippen LogP contribution in [0, 0.1) is 18.6 Å². The van der Waals surface area contributed by atoms with Gasteiger partial charge in [-0.05, 0) is 25.1 Å². The Balaban J connectivity index is 2.20. The van der Waals surface area contributed by atoms with Crippen LogP contribution in [-0.4, -0.2) is 30.3 Å². The van der Waals surface area contributed by atoms with E-state index in [1.807, 2.05) is 0 Å². The molecule has 0 bridgehead atoms. The van der Waals surface area contributed by atoms with Gasteiger partial charge in [-0.2, -0.15) is 4.68 Å². The number of aromatic nitrogens is 5. The summed E-state index contributed by atoms with van der Waals surface area (Å²) in [5.41, 5.74) is 0.942. The van der Waals surface area contributed by atoms with Gasteiger partial charge < -0.3 is 5.11 Å². The van der Waals surface area contributed by atoms with Crippen molar-refractivity contribution in [2.24, 2.45) is 0 Å². The second-order valence-electron chi connectivity index (χ2n) is 4.19. The zero-order valence-corrected chi connectivity index (χ0v) is 11.6. The minimum Gasteiger partial charge on any atom is -0.390 e. The standard InChI is InChI=1S/C12H9F2N5OS/c1-6-15-17-12(21-6)19-11(10(5-20)16-18-19)7-2-3-8(13)9(14)4-7/h2-4,20H,5H2,1H3. The van der Waals surface area contributed by atoms with Crippen molar-refractivity contribution in [2.45, 2.75) is 13.5 Å². The molecule has 1 N–H and O–H groups in total. The summed E-state index contributed by atoms with van der Waals surface area (Å²) in [5, 5.41) is 26.1. The van der Waals surface area contributed by atoms with Crippen molar-refractivity contribution in [3.05, 3.63) is 40.5 Å². The van der Waals surface area contributed by atoms with Crippen molar-refractivity contribution >= 4 is 11.3 Å². The van der Waals surface area contributed by atoms with Crippen molar-refractivity contribution in [3.63, 3.8) is 0 Å². The van der Waals surface area contributed by atoms with Gasteiger partial charge in [-0.15, -0.1) is 15.3 Å². The molecule has 6 nitrogen and oxygen atoms in total. The predicted octanol–water partition coefficient (Wildman–Crippen LogP) is 1.86. The second-order valence-corrected chi connectivity index (χ2v) is 5.35. The lowest BCUT2D eigenvalue weighted by molar-refractivity contribution is 0.277. The van der Waals surface area contributed by atoms with E-state index in [-0.39, 0.29) is 12.3 Å². The molecule has 0 atom stereocenters. The van der Waals surface area contributed by atoms with E-state index < -0.39 is 11.6 Å². The molecule has 1 aromatic carbocycles. The number of rotatable bonds is 3. The van der Waals surface area contributed by atoms with Crippen molar-refractivity contribution in [1.29, 1.82) is 0 Å². The first kappa shape index (κ1) is 13.7. The van der Waals surface area contributed by atoms with Gasteiger partial charge in [0.2, 0.25) is 5.13 Å². The van der Waals surface area contributed by atoms with Gasteiger partial charge in [0, 0.05) is 5.56 Å². The zero-order chi connectivity index (χ0) is 15.0. The fourth-order valence-electron chi connectivity index (χ4n) is 1.86. The fourth-order valence-corrected chi connectivity index (χ4v) is 2.50. The third-order valence-electron chi connectivity index (χ3n) is 2.78. The molecule has 0 aliphatic carbocycles. The molecule has 3 rings (SSSR count). The molecule has 0 unspecified atom stereocenters. The Morgan fingerprint density at radius 3 is 2.62 bits per heavy atom. The Bertz CT molecular complexity index is 801. The Morgan fingerprint density at radius 2 is 2.00 bits per heavy atom. The van der Waals surface area contributed by atoms with Gasteiger partial charge >= 0.3 is 0 Å². The van der Waals surface area contributed by atoms with Crippen LogP contribution in [0.3, 0.4) is 0 Å². The number of aliphatic hydroxyl groups excluding tert-OH is 1. The Hall–Kier alpha value is -2.26. The summed E-state index contributed by atoms with van der Waals surface area (Å²) in [7, 11) is 0. The fraction of sp³-hybridized carbons (Fsp3) is 0.167. The summed E-state index contributed by atoms with van der Waals surface area (Å²) in [5.74, 6) is -1.94. The maximum absolute atomic E-state index is 13.4. The molecule has 21 heavy (non-hydrogen) atoms. The summed E-state index contributed by atoms with van der Waals surface area (Å²) in [6.45, 7) is 1.40. The molecule has 2 aromatic heterocycles. The molecule has 108 valence electrons. The molecule has 0 amide bonds. The van der Waals surface area contributed by atoms with Crippen LogP contribution in [0.1, 0.15) is 10.7 Å². The molecule has 2 heterocycles. The van der Waals surface area contributed by atoms with E-state index in [2.05, 4.69) is 20.5 Å². The third kappa shape index (κ3) is 2.41. The molecule has 0 aliphatic heterocycles. The van der Waals surface area contributed by atoms with Gasteiger partial charge in [0.15, 0.2) is 11.6 Å². The molecule has 0 saturated heterocycles. The minimum atomic E-state index is -0.988. The highest BCUT2D eigenvalue weighted by molar-refractivity contribution is 7.13. The lowest BCUT2D eigenvalue weighted by atomic mass is 10.1. The SMILES string of the molecule is Cc1nnc(-n2nnc(CO)c2-c2ccc(F)c(F)c2)s1. The maximum Gasteiger partial charge on any atom is 0.234 e. The van der Waals surface area contributed by atoms with Gasteiger partial charge in [-0.25, -0.2) is 8.78 Å². The maximum atomic E-state index is 13.4. The summed E-state index contributed by atoms with van der Waals surface area (Å²) < 4.78 is 27.8. The topological polar surface area (TPSA) is 76.7 Å². The Morgan fingerprint density at radius 1 is 1.19 bits per heavy atom. The number of nitrogens with zero attached hydrogens (tertiary/aromatic N) is 5. The monoisotopic (exact) mass is 309 g/mol. The van der Waals surface area contributed by atoms with Crippen LogP contribution in [0.15, 0.2) is 18.2 Å². The van der Waals surface area contributed by atoms with Crippen LogP contribution < -0.4 is 0 Å². The average Bonchev–Trinajstić information content (AvgIpc) is 3.07. The van der Waals surface area contributed by atoms with Gasteiger partial charge in [-0.3, -0.25) is 0 Å². The normalized spacial score (nSPS) is 11.0. The smallest absolute Gasteiger partial charge is 0.234 e. The minimum absolute atomic E-state index is 0.244. The lowest BCUT2D eigenvalue weighted by Gasteiger charge is -2.05. The van der Waals surface area contributed by atoms with E-state index >= 15 is 0 Å². The number of benzene rings is 1. The summed E-state index contributed by atoms with van der Waals surface area (Å²) in [6, 6.07) is 3.42. The quantitative estimate of drug-likeness (QED) is 0.799. The van der Waals surface area contributed by atoms with Crippen LogP contribution in [-0.2, 0) is 6.61 Å². The molecular formula is C12H9F2N5OS. The summed E-state index contributed by atoms with van der Waals surface area (Å²) in [6.07, 6.45) is 0. The first-order chi connectivity index (χ1) is 10.1. The number of aliphatic hydroxyl groups is 1. The van der Waals surface area contributed by atoms with Crippen molar-refractivity contribution in [3.8, 4) is 16.4 Å². The van der Waals surface area contributed by atoms with Gasteiger partial charge in [0.1, 0.15) is 16.4 Å². The molecule has 9 heteroatoms. The van der Waals surface area contributed by atoms with Crippen LogP contribution in [0.4, 0.5) is 8.78 Å². The lowest BCUT2D eigenvalue weighted by Crippen LogP contribution is -2.00. The average molecular weight is 309 g/mol. The van der Waals surface area contributed by atoms with Crippen LogP contribution in [0.5, 0.6) is 0 Å². The molecule has 0 spiro atoms. The van der Waals surface area contributed by atoms with Gasteiger partial charge in [0.25, 0.3) is 0 Å². The molecule has 0 fully saturated rings. The Kier molecular flexibility index (Phi) is 3.43. The zero-order valence-electron chi connectivity index (χ0n) is 10.8. The van der Waals surface area contributed by atoms with Crippen molar-refractivity contribution < 1.29 is 13.9 Å². The van der Waals surface area contributed by atoms with E-state index in [0.29, 0.717) is 16.4 Å². The van der Waals surface area contributed by atoms with E-state index in [1.165, 1.54) is 22.1 Å². The third-order valence-corrected chi connectivity index (χ3v) is 3.59. The number of hydrogen-bond acceptors (Lipinski definition) is 6. The second kappa shape index (κ2) is 5.26. The van der Waals surface area contributed by atoms with Gasteiger partial charge in [0.05, 0.1) is 6.61 Å². The Labute approximate surface area is 121 Å². The highest BCUT2D eigenvalue weighted by Crippen LogP contribution is 2.27. The molecule has 0 radical (unpaired) electrons. The number of hydrogen-bond donors (Lipinski definition) is 1. The van der Waals surface area contributed by atoms with E-state index in [1.54, 1.807) is 6.92 Å². The largest absolute Gasteiger partial charge is 0.390 e. The number of aryl methyl sites for hydroxylation is 1. The first-order valence-corrected chi connectivity index (χ1v) is 6.73. The van der Waals surface area contributed by atoms with Crippen LogP contribution >= 0.6 is 11.3 Å². The van der Waals surface area contributed by atoms with Crippen molar-refractivity contribution in [2.75, 3.05) is 0 Å². The van der Waals surface area contributed by atoms with Crippen LogP contribution in [0.2, 0.25) is 0 Å². The molecule has 0 aliphatic rings. The number of halogens is 2.